The van der Waals surface area contributed by atoms with Gasteiger partial charge in [0.05, 0.1) is 6.54 Å². The van der Waals surface area contributed by atoms with Crippen molar-refractivity contribution in [2.24, 2.45) is 0 Å². The molecular formula is C18H23N3O3. The highest BCUT2D eigenvalue weighted by molar-refractivity contribution is 6.11. The van der Waals surface area contributed by atoms with Crippen LogP contribution in [-0.2, 0) is 4.79 Å². The number of nitrogens with one attached hydrogen (secondary N) is 1. The molecule has 2 aliphatic carbocycles. The molecule has 6 nitrogen and oxygen atoms in total. The molecule has 0 atom stereocenters. The van der Waals surface area contributed by atoms with E-state index in [-0.39, 0.29) is 18.2 Å². The van der Waals surface area contributed by atoms with Gasteiger partial charge < -0.3 is 9.88 Å². The third kappa shape index (κ3) is 2.19. The molecule has 1 N–H and O–H groups in total. The zero-order valence-electron chi connectivity index (χ0n) is 14.2. The average molecular weight is 329 g/mol. The monoisotopic (exact) mass is 329 g/mol. The van der Waals surface area contributed by atoms with Gasteiger partial charge in [-0.25, -0.2) is 4.79 Å². The fourth-order valence-corrected chi connectivity index (χ4v) is 4.32. The van der Waals surface area contributed by atoms with Crippen molar-refractivity contribution < 1.29 is 14.4 Å². The molecule has 24 heavy (non-hydrogen) atoms. The number of Topliss-reactive ketones (excluding diaryl/α,β-unsaturated/α-hetero) is 1. The summed E-state index contributed by atoms with van der Waals surface area (Å²) in [7, 11) is 0. The van der Waals surface area contributed by atoms with Gasteiger partial charge >= 0.3 is 6.03 Å². The van der Waals surface area contributed by atoms with E-state index in [0.29, 0.717) is 24.4 Å². The second-order valence-corrected chi connectivity index (χ2v) is 7.42. The number of hydrogen-bond acceptors (Lipinski definition) is 3. The van der Waals surface area contributed by atoms with Crippen LogP contribution in [0.15, 0.2) is 6.07 Å². The maximum absolute atomic E-state index is 12.7. The second-order valence-electron chi connectivity index (χ2n) is 7.42. The standard InChI is InChI=1S/C18H23N3O3/c1-11-9-14(12(2)21(11)13-5-6-13)15(22)10-20-16(23)18(19-17(20)24)7-3-4-8-18/h9,13H,3-8,10H2,1-2H3,(H,19,24). The molecule has 0 aromatic carbocycles. The van der Waals surface area contributed by atoms with Gasteiger partial charge in [0, 0.05) is 23.0 Å². The van der Waals surface area contributed by atoms with Crippen LogP contribution in [0.2, 0.25) is 0 Å². The number of nitrogens with zero attached hydrogens (tertiary/aromatic N) is 2. The predicted octanol–water partition coefficient (Wildman–Crippen LogP) is 2.49. The van der Waals surface area contributed by atoms with Gasteiger partial charge in [-0.05, 0) is 45.6 Å². The zero-order chi connectivity index (χ0) is 17.1. The summed E-state index contributed by atoms with van der Waals surface area (Å²) in [5, 5.41) is 2.83. The lowest BCUT2D eigenvalue weighted by Crippen LogP contribution is -2.44. The first-order chi connectivity index (χ1) is 11.4. The van der Waals surface area contributed by atoms with Gasteiger partial charge in [-0.1, -0.05) is 12.8 Å². The summed E-state index contributed by atoms with van der Waals surface area (Å²) >= 11 is 0. The Morgan fingerprint density at radius 2 is 1.92 bits per heavy atom. The Morgan fingerprint density at radius 1 is 1.25 bits per heavy atom. The number of ketones is 1. The Bertz CT molecular complexity index is 739. The maximum Gasteiger partial charge on any atom is 0.325 e. The summed E-state index contributed by atoms with van der Waals surface area (Å²) in [6.45, 7) is 3.79. The number of amides is 3. The molecule has 3 aliphatic rings. The topological polar surface area (TPSA) is 71.4 Å². The Morgan fingerprint density at radius 3 is 2.54 bits per heavy atom. The number of carbonyl (C=O) groups is 3. The normalized spacial score (nSPS) is 22.5. The fourth-order valence-electron chi connectivity index (χ4n) is 4.32. The van der Waals surface area contributed by atoms with Gasteiger partial charge in [0.15, 0.2) is 5.78 Å². The van der Waals surface area contributed by atoms with E-state index in [2.05, 4.69) is 9.88 Å². The van der Waals surface area contributed by atoms with E-state index in [1.807, 2.05) is 19.9 Å². The Kier molecular flexibility index (Phi) is 3.34. The average Bonchev–Trinajstić information content (AvgIpc) is 3.11. The van der Waals surface area contributed by atoms with Crippen LogP contribution in [0.4, 0.5) is 4.79 Å². The van der Waals surface area contributed by atoms with Crippen LogP contribution in [0.25, 0.3) is 0 Å². The van der Waals surface area contributed by atoms with Gasteiger partial charge in [0.1, 0.15) is 5.54 Å². The quantitative estimate of drug-likeness (QED) is 0.681. The molecule has 1 aromatic heterocycles. The molecule has 1 aromatic rings. The van der Waals surface area contributed by atoms with Crippen molar-refractivity contribution in [3.63, 3.8) is 0 Å². The van der Waals surface area contributed by atoms with Gasteiger partial charge in [-0.3, -0.25) is 14.5 Å². The molecule has 4 rings (SSSR count). The van der Waals surface area contributed by atoms with Crippen LogP contribution in [0.5, 0.6) is 0 Å². The van der Waals surface area contributed by atoms with E-state index < -0.39 is 11.6 Å². The van der Waals surface area contributed by atoms with Crippen molar-refractivity contribution in [2.75, 3.05) is 6.54 Å². The second kappa shape index (κ2) is 5.19. The molecule has 1 saturated heterocycles. The summed E-state index contributed by atoms with van der Waals surface area (Å²) in [6.07, 6.45) is 5.54. The van der Waals surface area contributed by atoms with Gasteiger partial charge in [-0.2, -0.15) is 0 Å². The third-order valence-electron chi connectivity index (χ3n) is 5.70. The fraction of sp³-hybridized carbons (Fsp3) is 0.611. The van der Waals surface area contributed by atoms with Crippen LogP contribution in [0.3, 0.4) is 0 Å². The molecule has 3 fully saturated rings. The van der Waals surface area contributed by atoms with Gasteiger partial charge in [-0.15, -0.1) is 0 Å². The van der Waals surface area contributed by atoms with Gasteiger partial charge in [0.25, 0.3) is 5.91 Å². The largest absolute Gasteiger partial charge is 0.345 e. The van der Waals surface area contributed by atoms with Crippen molar-refractivity contribution in [1.29, 1.82) is 0 Å². The first-order valence-electron chi connectivity index (χ1n) is 8.79. The molecule has 128 valence electrons. The van der Waals surface area contributed by atoms with Crippen molar-refractivity contribution in [3.8, 4) is 0 Å². The van der Waals surface area contributed by atoms with Gasteiger partial charge in [0.2, 0.25) is 0 Å². The smallest absolute Gasteiger partial charge is 0.325 e. The molecule has 2 heterocycles. The van der Waals surface area contributed by atoms with E-state index in [4.69, 9.17) is 0 Å². The number of urea groups is 1. The summed E-state index contributed by atoms with van der Waals surface area (Å²) in [6, 6.07) is 1.97. The molecule has 0 bridgehead atoms. The summed E-state index contributed by atoms with van der Waals surface area (Å²) < 4.78 is 2.21. The minimum atomic E-state index is -0.748. The lowest BCUT2D eigenvalue weighted by molar-refractivity contribution is -0.130. The molecule has 1 aliphatic heterocycles. The first-order valence-corrected chi connectivity index (χ1v) is 8.79. The van der Waals surface area contributed by atoms with E-state index in [9.17, 15) is 14.4 Å². The lowest BCUT2D eigenvalue weighted by atomic mass is 9.98. The highest BCUT2D eigenvalue weighted by Gasteiger charge is 2.52. The number of rotatable bonds is 4. The zero-order valence-corrected chi connectivity index (χ0v) is 14.2. The van der Waals surface area contributed by atoms with E-state index >= 15 is 0 Å². The third-order valence-corrected chi connectivity index (χ3v) is 5.70. The summed E-state index contributed by atoms with van der Waals surface area (Å²) in [5.41, 5.74) is 1.90. The Labute approximate surface area is 141 Å². The van der Waals surface area contributed by atoms with Crippen LogP contribution in [0.1, 0.15) is 66.3 Å². The Balaban J connectivity index is 1.55. The molecule has 2 saturated carbocycles. The molecule has 0 radical (unpaired) electrons. The van der Waals surface area contributed by atoms with Crippen LogP contribution < -0.4 is 5.32 Å². The minimum absolute atomic E-state index is 0.159. The summed E-state index contributed by atoms with van der Waals surface area (Å²) in [4.78, 5) is 38.7. The van der Waals surface area contributed by atoms with Crippen LogP contribution in [0, 0.1) is 13.8 Å². The predicted molar refractivity (Wildman–Crippen MR) is 88.0 cm³/mol. The van der Waals surface area contributed by atoms with Crippen LogP contribution >= 0.6 is 0 Å². The molecule has 6 heteroatoms. The molecule has 0 unspecified atom stereocenters. The first kappa shape index (κ1) is 15.4. The van der Waals surface area contributed by atoms with Crippen molar-refractivity contribution in [2.45, 2.75) is 64.0 Å². The van der Waals surface area contributed by atoms with Crippen molar-refractivity contribution >= 4 is 17.7 Å². The molecule has 3 amide bonds. The minimum Gasteiger partial charge on any atom is -0.345 e. The number of aryl methyl sites for hydroxylation is 1. The van der Waals surface area contributed by atoms with Crippen molar-refractivity contribution in [1.82, 2.24) is 14.8 Å². The highest BCUT2D eigenvalue weighted by Crippen LogP contribution is 2.39. The maximum atomic E-state index is 12.7. The SMILES string of the molecule is Cc1cc(C(=O)CN2C(=O)NC3(CCCC3)C2=O)c(C)n1C1CC1. The van der Waals surface area contributed by atoms with E-state index in [0.717, 1.165) is 42.0 Å². The van der Waals surface area contributed by atoms with E-state index in [1.54, 1.807) is 0 Å². The Hall–Kier alpha value is -2.11. The number of hydrogen-bond donors (Lipinski definition) is 1. The molecule has 1 spiro atoms. The lowest BCUT2D eigenvalue weighted by Gasteiger charge is -2.19. The van der Waals surface area contributed by atoms with Crippen molar-refractivity contribution in [3.05, 3.63) is 23.0 Å². The number of imide groups is 1. The number of carbonyl (C=O) groups excluding carboxylic acids is 3. The number of aromatic nitrogens is 1. The molecular weight excluding hydrogens is 306 g/mol. The highest BCUT2D eigenvalue weighted by atomic mass is 16.2. The summed E-state index contributed by atoms with van der Waals surface area (Å²) in [5.74, 6) is -0.386. The van der Waals surface area contributed by atoms with E-state index in [1.165, 1.54) is 0 Å². The van der Waals surface area contributed by atoms with Crippen LogP contribution in [-0.4, -0.2) is 39.3 Å².